The number of H-pyrrole nitrogens is 1. The molecule has 0 fully saturated rings. The Morgan fingerprint density at radius 3 is 2.88 bits per heavy atom. The van der Waals surface area contributed by atoms with Crippen molar-refractivity contribution in [2.75, 3.05) is 16.8 Å². The number of hydrogen-bond donors (Lipinski definition) is 3. The molecule has 1 aromatic heterocycles. The molecule has 0 aliphatic heterocycles. The number of aromatic amines is 1. The van der Waals surface area contributed by atoms with Crippen molar-refractivity contribution < 1.29 is 9.59 Å². The fourth-order valence-corrected chi connectivity index (χ4v) is 1.60. The molecule has 0 aliphatic rings. The highest BCUT2D eigenvalue weighted by Crippen LogP contribution is 2.03. The van der Waals surface area contributed by atoms with Crippen LogP contribution in [-0.4, -0.2) is 38.5 Å². The lowest BCUT2D eigenvalue weighted by Gasteiger charge is -1.99. The Morgan fingerprint density at radius 2 is 2.31 bits per heavy atom. The van der Waals surface area contributed by atoms with Gasteiger partial charge in [0.05, 0.1) is 5.75 Å². The van der Waals surface area contributed by atoms with Gasteiger partial charge in [0.25, 0.3) is 0 Å². The molecule has 0 saturated heterocycles. The summed E-state index contributed by atoms with van der Waals surface area (Å²) >= 11 is 1.32. The smallest absolute Gasteiger partial charge is 0.248 e. The Morgan fingerprint density at radius 1 is 1.56 bits per heavy atom. The fraction of sp³-hybridized carbons (Fsp3) is 0.500. The highest BCUT2D eigenvalue weighted by Gasteiger charge is 2.06. The van der Waals surface area contributed by atoms with E-state index in [0.29, 0.717) is 18.0 Å². The Labute approximate surface area is 96.6 Å². The largest absolute Gasteiger partial charge is 0.369 e. The number of amides is 2. The summed E-state index contributed by atoms with van der Waals surface area (Å²) in [5.74, 6) is 1.11. The molecule has 16 heavy (non-hydrogen) atoms. The minimum absolute atomic E-state index is 0.184. The zero-order valence-electron chi connectivity index (χ0n) is 8.82. The Bertz CT molecular complexity index is 378. The number of aromatic nitrogens is 3. The zero-order chi connectivity index (χ0) is 12.0. The predicted molar refractivity (Wildman–Crippen MR) is 60.9 cm³/mol. The zero-order valence-corrected chi connectivity index (χ0v) is 9.63. The summed E-state index contributed by atoms with van der Waals surface area (Å²) in [5.41, 5.74) is 4.95. The van der Waals surface area contributed by atoms with Gasteiger partial charge in [0.1, 0.15) is 5.82 Å². The lowest BCUT2D eigenvalue weighted by atomic mass is 10.4. The van der Waals surface area contributed by atoms with E-state index in [2.05, 4.69) is 20.5 Å². The van der Waals surface area contributed by atoms with Crippen LogP contribution >= 0.6 is 11.8 Å². The molecule has 8 heteroatoms. The molecule has 7 nitrogen and oxygen atoms in total. The SMILES string of the molecule is Cc1nc(NC(=O)CCSCC(N)=O)n[nH]1. The highest BCUT2D eigenvalue weighted by molar-refractivity contribution is 7.99. The predicted octanol–water partition coefficient (Wildman–Crippen LogP) is -0.340. The molecule has 0 atom stereocenters. The third-order valence-electron chi connectivity index (χ3n) is 1.57. The number of aryl methyl sites for hydroxylation is 1. The lowest BCUT2D eigenvalue weighted by molar-refractivity contribution is -0.116. The van der Waals surface area contributed by atoms with Gasteiger partial charge in [0.15, 0.2) is 0 Å². The third-order valence-corrected chi connectivity index (χ3v) is 2.55. The summed E-state index contributed by atoms with van der Waals surface area (Å²) in [4.78, 5) is 25.7. The van der Waals surface area contributed by atoms with Crippen LogP contribution in [0.5, 0.6) is 0 Å². The molecule has 0 aliphatic carbocycles. The minimum atomic E-state index is -0.380. The van der Waals surface area contributed by atoms with E-state index in [9.17, 15) is 9.59 Å². The molecule has 0 bridgehead atoms. The van der Waals surface area contributed by atoms with Crippen molar-refractivity contribution in [3.63, 3.8) is 0 Å². The Hall–Kier alpha value is -1.57. The summed E-state index contributed by atoms with van der Waals surface area (Å²) in [6.07, 6.45) is 0.297. The third kappa shape index (κ3) is 4.78. The van der Waals surface area contributed by atoms with Crippen molar-refractivity contribution in [1.82, 2.24) is 15.2 Å². The first-order valence-electron chi connectivity index (χ1n) is 4.63. The molecule has 2 amide bonds. The van der Waals surface area contributed by atoms with Crippen molar-refractivity contribution in [3.8, 4) is 0 Å². The number of carbonyl (C=O) groups excluding carboxylic acids is 2. The van der Waals surface area contributed by atoms with Crippen molar-refractivity contribution in [2.24, 2.45) is 5.73 Å². The second-order valence-electron chi connectivity index (χ2n) is 3.06. The topological polar surface area (TPSA) is 114 Å². The normalized spacial score (nSPS) is 10.1. The number of carbonyl (C=O) groups is 2. The highest BCUT2D eigenvalue weighted by atomic mass is 32.2. The van der Waals surface area contributed by atoms with Gasteiger partial charge in [-0.25, -0.2) is 0 Å². The van der Waals surface area contributed by atoms with Gasteiger partial charge in [0.2, 0.25) is 17.8 Å². The monoisotopic (exact) mass is 243 g/mol. The Kier molecular flexibility index (Phi) is 4.77. The number of thioether (sulfide) groups is 1. The van der Waals surface area contributed by atoms with Gasteiger partial charge < -0.3 is 5.73 Å². The molecule has 1 aromatic rings. The second kappa shape index (κ2) is 6.11. The van der Waals surface area contributed by atoms with Crippen molar-refractivity contribution in [3.05, 3.63) is 5.82 Å². The summed E-state index contributed by atoms with van der Waals surface area (Å²) in [5, 5.41) is 8.91. The number of primary amides is 1. The molecule has 0 unspecified atom stereocenters. The summed E-state index contributed by atoms with van der Waals surface area (Å²) in [7, 11) is 0. The van der Waals surface area contributed by atoms with Gasteiger partial charge in [-0.05, 0) is 6.92 Å². The van der Waals surface area contributed by atoms with Crippen LogP contribution in [0.2, 0.25) is 0 Å². The number of rotatable bonds is 6. The maximum Gasteiger partial charge on any atom is 0.248 e. The van der Waals surface area contributed by atoms with Gasteiger partial charge in [-0.1, -0.05) is 0 Å². The van der Waals surface area contributed by atoms with Crippen LogP contribution in [0.3, 0.4) is 0 Å². The first kappa shape index (κ1) is 12.5. The maximum atomic E-state index is 11.3. The molecule has 0 spiro atoms. The average Bonchev–Trinajstić information content (AvgIpc) is 2.58. The van der Waals surface area contributed by atoms with E-state index >= 15 is 0 Å². The summed E-state index contributed by atoms with van der Waals surface area (Å²) in [6.45, 7) is 1.74. The summed E-state index contributed by atoms with van der Waals surface area (Å²) in [6, 6.07) is 0. The molecule has 88 valence electrons. The molecule has 4 N–H and O–H groups in total. The number of nitrogens with one attached hydrogen (secondary N) is 2. The summed E-state index contributed by atoms with van der Waals surface area (Å²) < 4.78 is 0. The van der Waals surface area contributed by atoms with Crippen LogP contribution in [0.4, 0.5) is 5.95 Å². The standard InChI is InChI=1S/C8H13N5O2S/c1-5-10-8(13-12-5)11-7(15)2-3-16-4-6(9)14/h2-4H2,1H3,(H2,9,14)(H2,10,11,12,13,15). The van der Waals surface area contributed by atoms with E-state index < -0.39 is 0 Å². The molecule has 0 saturated carbocycles. The Balaban J connectivity index is 2.18. The quantitative estimate of drug-likeness (QED) is 0.591. The fourth-order valence-electron chi connectivity index (χ4n) is 0.923. The van der Waals surface area contributed by atoms with E-state index in [0.717, 1.165) is 0 Å². The molecule has 0 radical (unpaired) electrons. The van der Waals surface area contributed by atoms with Gasteiger partial charge in [0, 0.05) is 12.2 Å². The van der Waals surface area contributed by atoms with E-state index in [1.54, 1.807) is 6.92 Å². The number of nitrogens with two attached hydrogens (primary N) is 1. The lowest BCUT2D eigenvalue weighted by Crippen LogP contribution is -2.16. The van der Waals surface area contributed by atoms with Crippen LogP contribution in [0.15, 0.2) is 0 Å². The second-order valence-corrected chi connectivity index (χ2v) is 4.17. The molecule has 1 rings (SSSR count). The molecular weight excluding hydrogens is 230 g/mol. The average molecular weight is 243 g/mol. The number of anilines is 1. The number of nitrogens with zero attached hydrogens (tertiary/aromatic N) is 2. The van der Waals surface area contributed by atoms with Gasteiger partial charge in [-0.2, -0.15) is 16.7 Å². The van der Waals surface area contributed by atoms with E-state index in [1.807, 2.05) is 0 Å². The minimum Gasteiger partial charge on any atom is -0.369 e. The van der Waals surface area contributed by atoms with Crippen LogP contribution < -0.4 is 11.1 Å². The number of hydrogen-bond acceptors (Lipinski definition) is 5. The van der Waals surface area contributed by atoms with Crippen LogP contribution in [0.25, 0.3) is 0 Å². The van der Waals surface area contributed by atoms with Crippen LogP contribution in [0, 0.1) is 6.92 Å². The maximum absolute atomic E-state index is 11.3. The van der Waals surface area contributed by atoms with Crippen molar-refractivity contribution in [2.45, 2.75) is 13.3 Å². The van der Waals surface area contributed by atoms with Crippen LogP contribution in [-0.2, 0) is 9.59 Å². The van der Waals surface area contributed by atoms with Crippen molar-refractivity contribution in [1.29, 1.82) is 0 Å². The van der Waals surface area contributed by atoms with Gasteiger partial charge in [-0.15, -0.1) is 5.10 Å². The van der Waals surface area contributed by atoms with E-state index in [4.69, 9.17) is 5.73 Å². The van der Waals surface area contributed by atoms with Gasteiger partial charge >= 0.3 is 0 Å². The van der Waals surface area contributed by atoms with Crippen LogP contribution in [0.1, 0.15) is 12.2 Å². The van der Waals surface area contributed by atoms with Crippen molar-refractivity contribution >= 4 is 29.5 Å². The van der Waals surface area contributed by atoms with E-state index in [1.165, 1.54) is 11.8 Å². The molecule has 0 aromatic carbocycles. The first-order chi connectivity index (χ1) is 7.58. The van der Waals surface area contributed by atoms with E-state index in [-0.39, 0.29) is 23.5 Å². The molecular formula is C8H13N5O2S. The van der Waals surface area contributed by atoms with Gasteiger partial charge in [-0.3, -0.25) is 20.0 Å². The first-order valence-corrected chi connectivity index (χ1v) is 5.78. The molecule has 1 heterocycles.